The Kier molecular flexibility index (Phi) is 5.76. The number of carbonyl (C=O) groups is 2. The van der Waals surface area contributed by atoms with Gasteiger partial charge in [0, 0.05) is 44.6 Å². The van der Waals surface area contributed by atoms with Crippen LogP contribution < -0.4 is 0 Å². The quantitative estimate of drug-likeness (QED) is 0.821. The topological polar surface area (TPSA) is 66.7 Å². The number of nitrogens with zero attached hydrogens (tertiary/aromatic N) is 3. The smallest absolute Gasteiger partial charge is 0.292 e. The number of rotatable bonds is 5. The lowest BCUT2D eigenvalue weighted by Gasteiger charge is -2.34. The van der Waals surface area contributed by atoms with Crippen LogP contribution in [0.2, 0.25) is 0 Å². The summed E-state index contributed by atoms with van der Waals surface area (Å²) in [6, 6.07) is 1.76. The molecule has 6 nitrogen and oxygen atoms in total. The highest BCUT2D eigenvalue weighted by Crippen LogP contribution is 2.28. The van der Waals surface area contributed by atoms with Crippen LogP contribution in [0.3, 0.4) is 0 Å². The standard InChI is InChI=1S/C19H29N3O3/c1-3-14(2)16-13-17(25-20-16)19(24)22-10-8-21(9-11-22)18(23)12-15-6-4-5-7-15/h13-15H,3-12H2,1-2H3. The summed E-state index contributed by atoms with van der Waals surface area (Å²) >= 11 is 0. The van der Waals surface area contributed by atoms with E-state index in [1.165, 1.54) is 25.7 Å². The van der Waals surface area contributed by atoms with E-state index in [0.717, 1.165) is 12.1 Å². The Morgan fingerprint density at radius 1 is 1.20 bits per heavy atom. The second-order valence-electron chi connectivity index (χ2n) is 7.45. The van der Waals surface area contributed by atoms with Crippen LogP contribution in [-0.4, -0.2) is 52.9 Å². The van der Waals surface area contributed by atoms with E-state index in [2.05, 4.69) is 19.0 Å². The van der Waals surface area contributed by atoms with Gasteiger partial charge in [-0.25, -0.2) is 0 Å². The molecule has 0 radical (unpaired) electrons. The lowest BCUT2D eigenvalue weighted by Crippen LogP contribution is -2.50. The van der Waals surface area contributed by atoms with Crippen molar-refractivity contribution in [2.45, 2.75) is 58.3 Å². The summed E-state index contributed by atoms with van der Waals surface area (Å²) in [5.41, 5.74) is 0.830. The van der Waals surface area contributed by atoms with E-state index >= 15 is 0 Å². The minimum atomic E-state index is -0.120. The minimum Gasteiger partial charge on any atom is -0.351 e. The zero-order chi connectivity index (χ0) is 17.8. The number of carbonyl (C=O) groups excluding carboxylic acids is 2. The van der Waals surface area contributed by atoms with Crippen molar-refractivity contribution < 1.29 is 14.1 Å². The number of amides is 2. The monoisotopic (exact) mass is 347 g/mol. The largest absolute Gasteiger partial charge is 0.351 e. The van der Waals surface area contributed by atoms with Gasteiger partial charge < -0.3 is 14.3 Å². The van der Waals surface area contributed by atoms with Crippen LogP contribution >= 0.6 is 0 Å². The molecule has 1 aromatic rings. The molecular formula is C19H29N3O3. The number of piperazine rings is 1. The second-order valence-corrected chi connectivity index (χ2v) is 7.45. The van der Waals surface area contributed by atoms with Gasteiger partial charge >= 0.3 is 0 Å². The first-order valence-corrected chi connectivity index (χ1v) is 9.62. The molecule has 138 valence electrons. The van der Waals surface area contributed by atoms with Crippen molar-refractivity contribution in [2.75, 3.05) is 26.2 Å². The molecule has 2 fully saturated rings. The highest BCUT2D eigenvalue weighted by Gasteiger charge is 2.28. The molecule has 1 aromatic heterocycles. The molecular weight excluding hydrogens is 318 g/mol. The van der Waals surface area contributed by atoms with Gasteiger partial charge in [0.1, 0.15) is 0 Å². The van der Waals surface area contributed by atoms with Gasteiger partial charge in [0.05, 0.1) is 5.69 Å². The average molecular weight is 347 g/mol. The van der Waals surface area contributed by atoms with E-state index in [1.807, 2.05) is 4.90 Å². The van der Waals surface area contributed by atoms with Gasteiger partial charge in [0.2, 0.25) is 11.7 Å². The molecule has 3 rings (SSSR count). The molecule has 25 heavy (non-hydrogen) atoms. The van der Waals surface area contributed by atoms with Gasteiger partial charge in [-0.05, 0) is 25.2 Å². The van der Waals surface area contributed by atoms with Crippen molar-refractivity contribution in [2.24, 2.45) is 5.92 Å². The second kappa shape index (κ2) is 8.02. The van der Waals surface area contributed by atoms with E-state index in [9.17, 15) is 9.59 Å². The maximum Gasteiger partial charge on any atom is 0.292 e. The fraction of sp³-hybridized carbons (Fsp3) is 0.737. The Hall–Kier alpha value is -1.85. The molecule has 0 spiro atoms. The lowest BCUT2D eigenvalue weighted by atomic mass is 10.0. The molecule has 0 N–H and O–H groups in total. The predicted molar refractivity (Wildman–Crippen MR) is 94.3 cm³/mol. The number of aromatic nitrogens is 1. The summed E-state index contributed by atoms with van der Waals surface area (Å²) in [7, 11) is 0. The highest BCUT2D eigenvalue weighted by molar-refractivity contribution is 5.91. The van der Waals surface area contributed by atoms with Gasteiger partial charge in [-0.15, -0.1) is 0 Å². The SMILES string of the molecule is CCC(C)c1cc(C(=O)N2CCN(C(=O)CC3CCCC3)CC2)on1. The first kappa shape index (κ1) is 18.0. The first-order valence-electron chi connectivity index (χ1n) is 9.62. The molecule has 1 saturated heterocycles. The summed E-state index contributed by atoms with van der Waals surface area (Å²) in [6.07, 6.45) is 6.53. The third-order valence-electron chi connectivity index (χ3n) is 5.71. The Labute approximate surface area is 149 Å². The van der Waals surface area contributed by atoms with Gasteiger partial charge in [-0.3, -0.25) is 9.59 Å². The van der Waals surface area contributed by atoms with Crippen molar-refractivity contribution in [1.82, 2.24) is 15.0 Å². The number of hydrogen-bond acceptors (Lipinski definition) is 4. The summed E-state index contributed by atoms with van der Waals surface area (Å²) in [5.74, 6) is 1.29. The van der Waals surface area contributed by atoms with Crippen molar-refractivity contribution in [3.63, 3.8) is 0 Å². The van der Waals surface area contributed by atoms with Crippen LogP contribution in [0.1, 0.15) is 74.5 Å². The molecule has 1 unspecified atom stereocenters. The maximum atomic E-state index is 12.6. The summed E-state index contributed by atoms with van der Waals surface area (Å²) in [4.78, 5) is 28.6. The molecule has 0 bridgehead atoms. The van der Waals surface area contributed by atoms with Crippen LogP contribution in [-0.2, 0) is 4.79 Å². The molecule has 2 amide bonds. The lowest BCUT2D eigenvalue weighted by molar-refractivity contribution is -0.133. The van der Waals surface area contributed by atoms with E-state index in [0.29, 0.717) is 44.3 Å². The van der Waals surface area contributed by atoms with Crippen molar-refractivity contribution in [1.29, 1.82) is 0 Å². The third kappa shape index (κ3) is 4.22. The van der Waals surface area contributed by atoms with Crippen molar-refractivity contribution in [3.05, 3.63) is 17.5 Å². The third-order valence-corrected chi connectivity index (χ3v) is 5.71. The van der Waals surface area contributed by atoms with E-state index in [4.69, 9.17) is 4.52 Å². The Balaban J connectivity index is 1.50. The van der Waals surface area contributed by atoms with Crippen molar-refractivity contribution >= 4 is 11.8 Å². The van der Waals surface area contributed by atoms with Gasteiger partial charge in [-0.2, -0.15) is 0 Å². The predicted octanol–water partition coefficient (Wildman–Crippen LogP) is 3.05. The van der Waals surface area contributed by atoms with Gasteiger partial charge in [0.15, 0.2) is 0 Å². The van der Waals surface area contributed by atoms with Gasteiger partial charge in [-0.1, -0.05) is 31.8 Å². The molecule has 2 heterocycles. The van der Waals surface area contributed by atoms with E-state index in [1.54, 1.807) is 11.0 Å². The Morgan fingerprint density at radius 3 is 2.48 bits per heavy atom. The van der Waals surface area contributed by atoms with Crippen LogP contribution in [0.4, 0.5) is 0 Å². The number of hydrogen-bond donors (Lipinski definition) is 0. The molecule has 6 heteroatoms. The fourth-order valence-corrected chi connectivity index (χ4v) is 3.74. The first-order chi connectivity index (χ1) is 12.1. The Bertz CT molecular complexity index is 599. The molecule has 1 saturated carbocycles. The normalized spacial score (nSPS) is 20.1. The van der Waals surface area contributed by atoms with E-state index in [-0.39, 0.29) is 17.7 Å². The van der Waals surface area contributed by atoms with Crippen LogP contribution in [0.5, 0.6) is 0 Å². The molecule has 2 aliphatic rings. The molecule has 0 aromatic carbocycles. The van der Waals surface area contributed by atoms with Gasteiger partial charge in [0.25, 0.3) is 5.91 Å². The summed E-state index contributed by atoms with van der Waals surface area (Å²) < 4.78 is 5.24. The Morgan fingerprint density at radius 2 is 1.84 bits per heavy atom. The molecule has 1 aliphatic heterocycles. The highest BCUT2D eigenvalue weighted by atomic mass is 16.5. The molecule has 1 aliphatic carbocycles. The zero-order valence-corrected chi connectivity index (χ0v) is 15.4. The van der Waals surface area contributed by atoms with Crippen molar-refractivity contribution in [3.8, 4) is 0 Å². The van der Waals surface area contributed by atoms with Crippen LogP contribution in [0, 0.1) is 5.92 Å². The minimum absolute atomic E-state index is 0.120. The van der Waals surface area contributed by atoms with Crippen LogP contribution in [0.15, 0.2) is 10.6 Å². The molecule has 1 atom stereocenters. The van der Waals surface area contributed by atoms with Crippen LogP contribution in [0.25, 0.3) is 0 Å². The van der Waals surface area contributed by atoms with E-state index < -0.39 is 0 Å². The fourth-order valence-electron chi connectivity index (χ4n) is 3.74. The maximum absolute atomic E-state index is 12.6. The summed E-state index contributed by atoms with van der Waals surface area (Å²) in [6.45, 7) is 6.51. The zero-order valence-electron chi connectivity index (χ0n) is 15.4. The average Bonchev–Trinajstić information content (AvgIpc) is 3.32. The summed E-state index contributed by atoms with van der Waals surface area (Å²) in [5, 5.41) is 4.02.